The highest BCUT2D eigenvalue weighted by molar-refractivity contribution is 5.68. The van der Waals surface area contributed by atoms with Crippen molar-refractivity contribution in [1.29, 1.82) is 0 Å². The molecule has 1 aliphatic rings. The average molecular weight is 287 g/mol. The van der Waals surface area contributed by atoms with Gasteiger partial charge in [-0.2, -0.15) is 5.10 Å². The summed E-state index contributed by atoms with van der Waals surface area (Å²) in [6.45, 7) is 5.07. The standard InChI is InChI=1S/C16H25N5/c1-11(2)14-9-15-16(18-7-8-21(15)20-14)19-13-6-4-3-5-12(13)10-17/h7-9,11-13H,3-6,10,17H2,1-2H3,(H,18,19). The van der Waals surface area contributed by atoms with E-state index in [4.69, 9.17) is 5.73 Å². The maximum atomic E-state index is 5.93. The summed E-state index contributed by atoms with van der Waals surface area (Å²) in [5.74, 6) is 1.90. The lowest BCUT2D eigenvalue weighted by Crippen LogP contribution is -2.37. The minimum atomic E-state index is 0.421. The molecule has 0 spiro atoms. The Morgan fingerprint density at radius 3 is 2.95 bits per heavy atom. The minimum Gasteiger partial charge on any atom is -0.365 e. The summed E-state index contributed by atoms with van der Waals surface area (Å²) in [7, 11) is 0. The lowest BCUT2D eigenvalue weighted by atomic mass is 9.84. The highest BCUT2D eigenvalue weighted by Gasteiger charge is 2.24. The van der Waals surface area contributed by atoms with Crippen LogP contribution in [0.15, 0.2) is 18.5 Å². The third-order valence-electron chi connectivity index (χ3n) is 4.53. The molecule has 3 rings (SSSR count). The Labute approximate surface area is 125 Å². The summed E-state index contributed by atoms with van der Waals surface area (Å²) in [5, 5.41) is 8.24. The van der Waals surface area contributed by atoms with E-state index in [1.807, 2.05) is 16.9 Å². The van der Waals surface area contributed by atoms with E-state index >= 15 is 0 Å². The van der Waals surface area contributed by atoms with E-state index in [1.165, 1.54) is 25.7 Å². The van der Waals surface area contributed by atoms with Gasteiger partial charge in [-0.1, -0.05) is 26.7 Å². The van der Waals surface area contributed by atoms with Gasteiger partial charge in [0.05, 0.1) is 5.69 Å². The number of hydrogen-bond donors (Lipinski definition) is 2. The van der Waals surface area contributed by atoms with Gasteiger partial charge in [0.1, 0.15) is 5.52 Å². The van der Waals surface area contributed by atoms with Crippen LogP contribution < -0.4 is 11.1 Å². The minimum absolute atomic E-state index is 0.421. The predicted octanol–water partition coefficient (Wildman–Crippen LogP) is 2.78. The Bertz CT molecular complexity index is 604. The monoisotopic (exact) mass is 287 g/mol. The second-order valence-corrected chi connectivity index (χ2v) is 6.36. The van der Waals surface area contributed by atoms with Gasteiger partial charge in [-0.15, -0.1) is 0 Å². The Morgan fingerprint density at radius 1 is 1.38 bits per heavy atom. The van der Waals surface area contributed by atoms with Crippen LogP contribution in [-0.2, 0) is 0 Å². The van der Waals surface area contributed by atoms with Crippen molar-refractivity contribution in [1.82, 2.24) is 14.6 Å². The summed E-state index contributed by atoms with van der Waals surface area (Å²) in [4.78, 5) is 4.53. The molecule has 0 bridgehead atoms. The highest BCUT2D eigenvalue weighted by atomic mass is 15.2. The van der Waals surface area contributed by atoms with Crippen LogP contribution in [0.1, 0.15) is 51.1 Å². The molecule has 2 aromatic rings. The van der Waals surface area contributed by atoms with E-state index < -0.39 is 0 Å². The molecule has 0 aromatic carbocycles. The normalized spacial score (nSPS) is 22.9. The van der Waals surface area contributed by atoms with Crippen molar-refractivity contribution in [3.8, 4) is 0 Å². The smallest absolute Gasteiger partial charge is 0.152 e. The van der Waals surface area contributed by atoms with Crippen LogP contribution in [0.2, 0.25) is 0 Å². The summed E-state index contributed by atoms with van der Waals surface area (Å²) < 4.78 is 1.92. The number of aromatic nitrogens is 3. The molecule has 0 radical (unpaired) electrons. The van der Waals surface area contributed by atoms with Crippen molar-refractivity contribution in [2.75, 3.05) is 11.9 Å². The van der Waals surface area contributed by atoms with Crippen LogP contribution in [0.4, 0.5) is 5.82 Å². The Morgan fingerprint density at radius 2 is 2.19 bits per heavy atom. The second-order valence-electron chi connectivity index (χ2n) is 6.36. The SMILES string of the molecule is CC(C)c1cc2c(NC3CCCCC3CN)nccn2n1. The van der Waals surface area contributed by atoms with E-state index in [9.17, 15) is 0 Å². The molecule has 2 atom stereocenters. The summed E-state index contributed by atoms with van der Waals surface area (Å²) in [6.07, 6.45) is 8.68. The zero-order valence-corrected chi connectivity index (χ0v) is 12.9. The van der Waals surface area contributed by atoms with Crippen LogP contribution in [0.25, 0.3) is 5.52 Å². The Hall–Kier alpha value is -1.62. The first-order valence-electron chi connectivity index (χ1n) is 8.00. The third-order valence-corrected chi connectivity index (χ3v) is 4.53. The Balaban J connectivity index is 1.89. The van der Waals surface area contributed by atoms with Gasteiger partial charge in [0, 0.05) is 18.4 Å². The van der Waals surface area contributed by atoms with Crippen LogP contribution in [0, 0.1) is 5.92 Å². The van der Waals surface area contributed by atoms with Gasteiger partial charge in [0.25, 0.3) is 0 Å². The number of nitrogens with zero attached hydrogens (tertiary/aromatic N) is 3. The van der Waals surface area contributed by atoms with Gasteiger partial charge in [0.2, 0.25) is 0 Å². The quantitative estimate of drug-likeness (QED) is 0.907. The van der Waals surface area contributed by atoms with E-state index in [2.05, 4.69) is 35.3 Å². The van der Waals surface area contributed by atoms with Crippen LogP contribution >= 0.6 is 0 Å². The second kappa shape index (κ2) is 6.02. The molecule has 5 heteroatoms. The molecule has 2 aromatic heterocycles. The molecule has 114 valence electrons. The van der Waals surface area contributed by atoms with Crippen molar-refractivity contribution in [3.05, 3.63) is 24.2 Å². The van der Waals surface area contributed by atoms with E-state index in [1.54, 1.807) is 0 Å². The van der Waals surface area contributed by atoms with Gasteiger partial charge < -0.3 is 11.1 Å². The summed E-state index contributed by atoms with van der Waals surface area (Å²) >= 11 is 0. The fourth-order valence-electron chi connectivity index (χ4n) is 3.19. The van der Waals surface area contributed by atoms with Crippen molar-refractivity contribution in [2.45, 2.75) is 51.5 Å². The molecule has 0 aliphatic heterocycles. The fraction of sp³-hybridized carbons (Fsp3) is 0.625. The van der Waals surface area contributed by atoms with Gasteiger partial charge in [-0.3, -0.25) is 0 Å². The molecule has 1 aliphatic carbocycles. The van der Waals surface area contributed by atoms with Crippen molar-refractivity contribution < 1.29 is 0 Å². The highest BCUT2D eigenvalue weighted by Crippen LogP contribution is 2.28. The molecule has 2 heterocycles. The number of nitrogens with one attached hydrogen (secondary N) is 1. The molecular weight excluding hydrogens is 262 g/mol. The molecule has 0 saturated heterocycles. The maximum absolute atomic E-state index is 5.93. The van der Waals surface area contributed by atoms with Crippen molar-refractivity contribution >= 4 is 11.3 Å². The predicted molar refractivity (Wildman–Crippen MR) is 85.5 cm³/mol. The van der Waals surface area contributed by atoms with Crippen LogP contribution in [0.3, 0.4) is 0 Å². The topological polar surface area (TPSA) is 68.2 Å². The van der Waals surface area contributed by atoms with Gasteiger partial charge in [-0.25, -0.2) is 9.50 Å². The summed E-state index contributed by atoms with van der Waals surface area (Å²) in [5.41, 5.74) is 8.09. The third kappa shape index (κ3) is 2.88. The van der Waals surface area contributed by atoms with E-state index in [0.29, 0.717) is 17.9 Å². The molecule has 21 heavy (non-hydrogen) atoms. The molecule has 1 saturated carbocycles. The number of anilines is 1. The average Bonchev–Trinajstić information content (AvgIpc) is 2.93. The summed E-state index contributed by atoms with van der Waals surface area (Å²) in [6, 6.07) is 2.57. The van der Waals surface area contributed by atoms with Gasteiger partial charge >= 0.3 is 0 Å². The fourth-order valence-corrected chi connectivity index (χ4v) is 3.19. The largest absolute Gasteiger partial charge is 0.365 e. The van der Waals surface area contributed by atoms with Crippen LogP contribution in [-0.4, -0.2) is 27.2 Å². The lowest BCUT2D eigenvalue weighted by Gasteiger charge is -2.31. The number of hydrogen-bond acceptors (Lipinski definition) is 4. The molecular formula is C16H25N5. The molecule has 3 N–H and O–H groups in total. The molecule has 5 nitrogen and oxygen atoms in total. The van der Waals surface area contributed by atoms with E-state index in [0.717, 1.165) is 23.6 Å². The maximum Gasteiger partial charge on any atom is 0.152 e. The number of fused-ring (bicyclic) bond motifs is 1. The van der Waals surface area contributed by atoms with E-state index in [-0.39, 0.29) is 0 Å². The molecule has 2 unspecified atom stereocenters. The van der Waals surface area contributed by atoms with Crippen molar-refractivity contribution in [3.63, 3.8) is 0 Å². The van der Waals surface area contributed by atoms with Crippen LogP contribution in [0.5, 0.6) is 0 Å². The zero-order valence-electron chi connectivity index (χ0n) is 12.9. The number of nitrogens with two attached hydrogens (primary N) is 1. The van der Waals surface area contributed by atoms with Crippen molar-refractivity contribution in [2.24, 2.45) is 11.7 Å². The molecule has 1 fully saturated rings. The Kier molecular flexibility index (Phi) is 4.10. The zero-order chi connectivity index (χ0) is 14.8. The van der Waals surface area contributed by atoms with Gasteiger partial charge in [-0.05, 0) is 37.3 Å². The lowest BCUT2D eigenvalue weighted by molar-refractivity contribution is 0.332. The first-order valence-corrected chi connectivity index (χ1v) is 8.00. The van der Waals surface area contributed by atoms with Gasteiger partial charge in [0.15, 0.2) is 5.82 Å². The first kappa shape index (κ1) is 14.3. The molecule has 0 amide bonds. The number of rotatable bonds is 4. The first-order chi connectivity index (χ1) is 10.2.